The minimum atomic E-state index is -0.961. The summed E-state index contributed by atoms with van der Waals surface area (Å²) in [6.07, 6.45) is 0. The van der Waals surface area contributed by atoms with Crippen LogP contribution in [0.25, 0.3) is 0 Å². The number of nitrogens with two attached hydrogens (primary N) is 1. The first-order valence-electron chi connectivity index (χ1n) is 11.3. The number of alkyl halides is 2. The van der Waals surface area contributed by atoms with Gasteiger partial charge in [-0.2, -0.15) is 0 Å². The molecule has 3 aromatic rings. The number of aryl methyl sites for hydroxylation is 3. The third kappa shape index (κ3) is 5.02. The van der Waals surface area contributed by atoms with E-state index in [9.17, 15) is 4.79 Å². The molecule has 182 valence electrons. The smallest absolute Gasteiger partial charge is 0.257 e. The van der Waals surface area contributed by atoms with Crippen LogP contribution >= 0.6 is 34.8 Å². The van der Waals surface area contributed by atoms with Gasteiger partial charge in [-0.25, -0.2) is 0 Å². The van der Waals surface area contributed by atoms with E-state index in [1.807, 2.05) is 6.92 Å². The van der Waals surface area contributed by atoms with E-state index >= 15 is 0 Å². The lowest BCUT2D eigenvalue weighted by molar-refractivity contribution is 0.102. The lowest BCUT2D eigenvalue weighted by Gasteiger charge is -2.14. The number of halogens is 3. The lowest BCUT2D eigenvalue weighted by atomic mass is 9.97. The van der Waals surface area contributed by atoms with Crippen LogP contribution in [0.3, 0.4) is 0 Å². The number of carbonyl (C=O) groups excluding carboxylic acids is 1. The van der Waals surface area contributed by atoms with Gasteiger partial charge in [-0.3, -0.25) is 4.79 Å². The first kappa shape index (κ1) is 25.4. The van der Waals surface area contributed by atoms with Crippen molar-refractivity contribution in [3.63, 3.8) is 0 Å². The van der Waals surface area contributed by atoms with Gasteiger partial charge in [0.05, 0.1) is 10.6 Å². The molecule has 1 fully saturated rings. The molecule has 0 aliphatic heterocycles. The monoisotopic (exact) mass is 527 g/mol. The SMILES string of the molecule is C=C(Nc1ccc(Cl)c(C(=O)Nc2ccc(N)cc2C)c1)C1C(c2cc(C)c(C)c(C)c2)C1(Cl)Cl. The summed E-state index contributed by atoms with van der Waals surface area (Å²) in [6, 6.07) is 14.7. The molecular formula is C28H28Cl3N3O. The third-order valence-electron chi connectivity index (χ3n) is 6.75. The van der Waals surface area contributed by atoms with Crippen LogP contribution < -0.4 is 16.4 Å². The highest BCUT2D eigenvalue weighted by molar-refractivity contribution is 6.52. The van der Waals surface area contributed by atoms with Crippen molar-refractivity contribution in [2.45, 2.75) is 37.9 Å². The summed E-state index contributed by atoms with van der Waals surface area (Å²) >= 11 is 19.8. The maximum Gasteiger partial charge on any atom is 0.257 e. The number of anilines is 3. The van der Waals surface area contributed by atoms with Crippen molar-refractivity contribution in [1.29, 1.82) is 0 Å². The summed E-state index contributed by atoms with van der Waals surface area (Å²) in [5.74, 6) is -0.582. The zero-order valence-corrected chi connectivity index (χ0v) is 22.4. The lowest BCUT2D eigenvalue weighted by Crippen LogP contribution is -2.14. The van der Waals surface area contributed by atoms with Gasteiger partial charge in [0.2, 0.25) is 0 Å². The number of carbonyl (C=O) groups is 1. The van der Waals surface area contributed by atoms with Crippen LogP contribution in [0.15, 0.2) is 60.8 Å². The average molecular weight is 529 g/mol. The summed E-state index contributed by atoms with van der Waals surface area (Å²) in [5, 5.41) is 6.52. The zero-order valence-electron chi connectivity index (χ0n) is 20.1. The summed E-state index contributed by atoms with van der Waals surface area (Å²) in [7, 11) is 0. The Balaban J connectivity index is 1.52. The minimum absolute atomic E-state index is 0.0765. The first-order chi connectivity index (χ1) is 16.4. The topological polar surface area (TPSA) is 67.2 Å². The van der Waals surface area contributed by atoms with Crippen LogP contribution in [-0.2, 0) is 0 Å². The summed E-state index contributed by atoms with van der Waals surface area (Å²) in [5.41, 5.74) is 14.4. The van der Waals surface area contributed by atoms with Gasteiger partial charge in [0.15, 0.2) is 0 Å². The molecule has 2 unspecified atom stereocenters. The number of allylic oxidation sites excluding steroid dienone is 1. The maximum atomic E-state index is 13.0. The Morgan fingerprint density at radius 1 is 0.943 bits per heavy atom. The minimum Gasteiger partial charge on any atom is -0.399 e. The van der Waals surface area contributed by atoms with E-state index in [2.05, 4.69) is 50.1 Å². The number of hydrogen-bond acceptors (Lipinski definition) is 3. The molecule has 0 saturated heterocycles. The van der Waals surface area contributed by atoms with Crippen LogP contribution in [0, 0.1) is 33.6 Å². The molecule has 1 aliphatic rings. The Kier molecular flexibility index (Phi) is 6.85. The fourth-order valence-electron chi connectivity index (χ4n) is 4.48. The van der Waals surface area contributed by atoms with Gasteiger partial charge in [-0.05, 0) is 91.9 Å². The molecule has 0 aromatic heterocycles. The van der Waals surface area contributed by atoms with Crippen molar-refractivity contribution in [3.8, 4) is 0 Å². The Morgan fingerprint density at radius 3 is 2.23 bits per heavy atom. The number of rotatable bonds is 6. The van der Waals surface area contributed by atoms with Gasteiger partial charge in [0.25, 0.3) is 5.91 Å². The quantitative estimate of drug-likeness (QED) is 0.225. The highest BCUT2D eigenvalue weighted by Crippen LogP contribution is 2.67. The zero-order chi connectivity index (χ0) is 25.7. The standard InChI is InChI=1S/C28H28Cl3N3O/c1-14-10-19(11-15(2)17(14)4)26-25(28(26,30)31)18(5)33-21-7-8-23(29)22(13-21)27(35)34-24-9-6-20(32)12-16(24)3/h6-13,25-26,33H,5,32H2,1-4H3,(H,34,35). The number of nitrogen functional groups attached to an aromatic ring is 1. The molecule has 7 heteroatoms. The van der Waals surface area contributed by atoms with Crippen LogP contribution in [0.4, 0.5) is 17.1 Å². The summed E-state index contributed by atoms with van der Waals surface area (Å²) < 4.78 is -0.961. The highest BCUT2D eigenvalue weighted by atomic mass is 35.5. The molecule has 0 spiro atoms. The van der Waals surface area contributed by atoms with Gasteiger partial charge in [0, 0.05) is 34.6 Å². The van der Waals surface area contributed by atoms with Crippen LogP contribution in [-0.4, -0.2) is 10.2 Å². The van der Waals surface area contributed by atoms with Gasteiger partial charge in [0.1, 0.15) is 4.33 Å². The highest BCUT2D eigenvalue weighted by Gasteiger charge is 2.65. The Morgan fingerprint density at radius 2 is 1.60 bits per heavy atom. The Bertz CT molecular complexity index is 1330. The molecule has 4 rings (SSSR count). The number of benzene rings is 3. The van der Waals surface area contributed by atoms with E-state index in [1.165, 1.54) is 16.7 Å². The second kappa shape index (κ2) is 9.42. The molecule has 1 saturated carbocycles. The molecule has 0 radical (unpaired) electrons. The number of amides is 1. The van der Waals surface area contributed by atoms with Gasteiger partial charge >= 0.3 is 0 Å². The van der Waals surface area contributed by atoms with Crippen molar-refractivity contribution in [2.24, 2.45) is 5.92 Å². The first-order valence-corrected chi connectivity index (χ1v) is 12.4. The van der Waals surface area contributed by atoms with Crippen LogP contribution in [0.2, 0.25) is 5.02 Å². The molecule has 4 N–H and O–H groups in total. The molecule has 4 nitrogen and oxygen atoms in total. The van der Waals surface area contributed by atoms with Crippen molar-refractivity contribution < 1.29 is 4.79 Å². The van der Waals surface area contributed by atoms with Gasteiger partial charge < -0.3 is 16.4 Å². The normalized spacial score (nSPS) is 18.1. The van der Waals surface area contributed by atoms with E-state index in [0.29, 0.717) is 33.3 Å². The average Bonchev–Trinajstić information content (AvgIpc) is 3.37. The summed E-state index contributed by atoms with van der Waals surface area (Å²) in [6.45, 7) is 12.4. The molecule has 1 aliphatic carbocycles. The molecule has 2 atom stereocenters. The molecule has 0 heterocycles. The molecule has 35 heavy (non-hydrogen) atoms. The fourth-order valence-corrected chi connectivity index (χ4v) is 5.58. The second-order valence-electron chi connectivity index (χ2n) is 9.28. The van der Waals surface area contributed by atoms with E-state index in [1.54, 1.807) is 36.4 Å². The van der Waals surface area contributed by atoms with E-state index in [0.717, 1.165) is 11.1 Å². The number of hydrogen-bond donors (Lipinski definition) is 3. The Hall–Kier alpha value is -2.66. The van der Waals surface area contributed by atoms with Crippen molar-refractivity contribution >= 4 is 57.8 Å². The second-order valence-corrected chi connectivity index (χ2v) is 11.1. The largest absolute Gasteiger partial charge is 0.399 e. The molecule has 3 aromatic carbocycles. The fraction of sp³-hybridized carbons (Fsp3) is 0.250. The molecule has 1 amide bonds. The summed E-state index contributed by atoms with van der Waals surface area (Å²) in [4.78, 5) is 13.0. The van der Waals surface area contributed by atoms with Crippen LogP contribution in [0.5, 0.6) is 0 Å². The van der Waals surface area contributed by atoms with Crippen molar-refractivity contribution in [2.75, 3.05) is 16.4 Å². The van der Waals surface area contributed by atoms with Gasteiger partial charge in [-0.15, -0.1) is 23.2 Å². The predicted octanol–water partition coefficient (Wildman–Crippen LogP) is 7.92. The van der Waals surface area contributed by atoms with Crippen LogP contribution in [0.1, 0.15) is 44.1 Å². The third-order valence-corrected chi connectivity index (χ3v) is 8.02. The van der Waals surface area contributed by atoms with E-state index in [4.69, 9.17) is 40.5 Å². The molecule has 0 bridgehead atoms. The maximum absolute atomic E-state index is 13.0. The predicted molar refractivity (Wildman–Crippen MR) is 149 cm³/mol. The van der Waals surface area contributed by atoms with Crippen molar-refractivity contribution in [1.82, 2.24) is 0 Å². The van der Waals surface area contributed by atoms with Gasteiger partial charge in [-0.1, -0.05) is 30.3 Å². The Labute approximate surface area is 221 Å². The van der Waals surface area contributed by atoms with E-state index < -0.39 is 4.33 Å². The number of nitrogens with one attached hydrogen (secondary N) is 2. The van der Waals surface area contributed by atoms with E-state index in [-0.39, 0.29) is 17.7 Å². The molecular weight excluding hydrogens is 501 g/mol. The van der Waals surface area contributed by atoms with Crippen molar-refractivity contribution in [3.05, 3.63) is 99.2 Å².